The Morgan fingerprint density at radius 1 is 1.06 bits per heavy atom. The first-order valence-corrected chi connectivity index (χ1v) is 13.7. The number of hydrogen-bond donors (Lipinski definition) is 0. The van der Waals surface area contributed by atoms with Gasteiger partial charge in [0, 0.05) is 80.0 Å². The van der Waals surface area contributed by atoms with E-state index in [1.165, 1.54) is 18.5 Å². The molecule has 0 aromatic carbocycles. The van der Waals surface area contributed by atoms with Crippen molar-refractivity contribution in [3.05, 3.63) is 42.1 Å². The predicted octanol–water partition coefficient (Wildman–Crippen LogP) is 4.57. The molecule has 36 heavy (non-hydrogen) atoms. The summed E-state index contributed by atoms with van der Waals surface area (Å²) in [7, 11) is 2.02. The van der Waals surface area contributed by atoms with Gasteiger partial charge in [-0.25, -0.2) is 9.97 Å². The molecule has 5 rings (SSSR count). The van der Waals surface area contributed by atoms with Crippen LogP contribution in [0.15, 0.2) is 35.7 Å². The van der Waals surface area contributed by atoms with E-state index < -0.39 is 0 Å². The van der Waals surface area contributed by atoms with E-state index in [1.54, 1.807) is 18.0 Å². The Kier molecular flexibility index (Phi) is 8.52. The van der Waals surface area contributed by atoms with Crippen LogP contribution < -0.4 is 4.90 Å². The van der Waals surface area contributed by atoms with Gasteiger partial charge in [-0.15, -0.1) is 22.6 Å². The zero-order valence-corrected chi connectivity index (χ0v) is 23.4. The van der Waals surface area contributed by atoms with Crippen LogP contribution in [0, 0.1) is 0 Å². The lowest BCUT2D eigenvalue weighted by molar-refractivity contribution is 0.258. The van der Waals surface area contributed by atoms with Crippen LogP contribution in [0.2, 0.25) is 0 Å². The molecule has 0 spiro atoms. The average molecular weight is 529 g/mol. The van der Waals surface area contributed by atoms with Crippen LogP contribution in [0.3, 0.4) is 0 Å². The third-order valence-electron chi connectivity index (χ3n) is 6.70. The number of anilines is 1. The molecule has 0 atom stereocenters. The van der Waals surface area contributed by atoms with Crippen molar-refractivity contribution in [3.8, 4) is 11.4 Å². The number of rotatable bonds is 8. The quantitative estimate of drug-likeness (QED) is 0.311. The molecule has 4 heterocycles. The van der Waals surface area contributed by atoms with Crippen molar-refractivity contribution in [1.29, 1.82) is 0 Å². The fourth-order valence-corrected chi connectivity index (χ4v) is 5.21. The van der Waals surface area contributed by atoms with Gasteiger partial charge in [0.25, 0.3) is 0 Å². The van der Waals surface area contributed by atoms with Gasteiger partial charge in [-0.05, 0) is 37.9 Å². The predicted molar refractivity (Wildman–Crippen MR) is 148 cm³/mol. The van der Waals surface area contributed by atoms with Crippen molar-refractivity contribution < 1.29 is 0 Å². The summed E-state index contributed by atoms with van der Waals surface area (Å²) in [5.41, 5.74) is 2.21. The van der Waals surface area contributed by atoms with Crippen LogP contribution in [0.4, 0.5) is 5.82 Å². The lowest BCUT2D eigenvalue weighted by Gasteiger charge is -2.36. The van der Waals surface area contributed by atoms with Crippen LogP contribution in [0.25, 0.3) is 11.4 Å². The first-order valence-electron chi connectivity index (χ1n) is 12.7. The molecule has 1 aliphatic heterocycles. The summed E-state index contributed by atoms with van der Waals surface area (Å²) in [6, 6.07) is 6.19. The second kappa shape index (κ2) is 11.4. The monoisotopic (exact) mass is 528 g/mol. The van der Waals surface area contributed by atoms with Crippen LogP contribution in [0.5, 0.6) is 0 Å². The van der Waals surface area contributed by atoms with E-state index in [9.17, 15) is 0 Å². The average Bonchev–Trinajstić information content (AvgIpc) is 3.65. The van der Waals surface area contributed by atoms with E-state index in [-0.39, 0.29) is 17.8 Å². The molecule has 3 aromatic heterocycles. The number of aromatic nitrogens is 6. The Hall–Kier alpha value is -2.23. The third kappa shape index (κ3) is 6.36. The van der Waals surface area contributed by atoms with E-state index in [0.29, 0.717) is 5.92 Å². The van der Waals surface area contributed by atoms with Gasteiger partial charge in [-0.2, -0.15) is 0 Å². The molecule has 0 amide bonds. The molecule has 3 aromatic rings. The summed E-state index contributed by atoms with van der Waals surface area (Å²) in [4.78, 5) is 19.1. The fourth-order valence-electron chi connectivity index (χ4n) is 4.38. The minimum Gasteiger partial charge on any atom is -0.354 e. The maximum absolute atomic E-state index is 4.98. The van der Waals surface area contributed by atoms with Crippen molar-refractivity contribution in [1.82, 2.24) is 34.6 Å². The first kappa shape index (κ1) is 26.8. The summed E-state index contributed by atoms with van der Waals surface area (Å²) in [6.07, 6.45) is 7.27. The fraction of sp³-hybridized carbons (Fsp3) is 0.577. The largest absolute Gasteiger partial charge is 0.354 e. The molecule has 1 saturated heterocycles. The van der Waals surface area contributed by atoms with Crippen LogP contribution in [-0.2, 0) is 12.5 Å². The smallest absolute Gasteiger partial charge is 0.191 e. The van der Waals surface area contributed by atoms with Crippen molar-refractivity contribution in [2.24, 2.45) is 7.05 Å². The molecule has 0 N–H and O–H groups in total. The SMILES string of the molecule is Cl.Cn1c(SCCCN2CCN(c3cc(C4CC4)nc(C(C)(C)C)n3)CC2)nnc1-c1cccnc1. The summed E-state index contributed by atoms with van der Waals surface area (Å²) in [5.74, 6) is 4.64. The first-order chi connectivity index (χ1) is 16.9. The Morgan fingerprint density at radius 3 is 2.50 bits per heavy atom. The van der Waals surface area contributed by atoms with Gasteiger partial charge in [0.2, 0.25) is 0 Å². The van der Waals surface area contributed by atoms with Gasteiger partial charge in [0.15, 0.2) is 11.0 Å². The third-order valence-corrected chi connectivity index (χ3v) is 7.81. The molecule has 0 bridgehead atoms. The number of nitrogens with zero attached hydrogens (tertiary/aromatic N) is 8. The molecule has 0 unspecified atom stereocenters. The molecule has 1 saturated carbocycles. The van der Waals surface area contributed by atoms with Crippen molar-refractivity contribution >= 4 is 30.0 Å². The molecule has 1 aliphatic carbocycles. The summed E-state index contributed by atoms with van der Waals surface area (Å²) in [5, 5.41) is 9.70. The zero-order valence-electron chi connectivity index (χ0n) is 21.7. The molecule has 8 nitrogen and oxygen atoms in total. The van der Waals surface area contributed by atoms with E-state index in [4.69, 9.17) is 9.97 Å². The van der Waals surface area contributed by atoms with Crippen molar-refractivity contribution in [3.63, 3.8) is 0 Å². The highest BCUT2D eigenvalue weighted by Crippen LogP contribution is 2.40. The van der Waals surface area contributed by atoms with E-state index in [2.05, 4.69) is 56.4 Å². The number of halogens is 1. The van der Waals surface area contributed by atoms with Gasteiger partial charge < -0.3 is 9.47 Å². The maximum atomic E-state index is 4.98. The van der Waals surface area contributed by atoms with Crippen molar-refractivity contribution in [2.75, 3.05) is 43.4 Å². The van der Waals surface area contributed by atoms with Crippen LogP contribution in [0.1, 0.15) is 57.5 Å². The number of thioether (sulfide) groups is 1. The Labute approximate surface area is 224 Å². The zero-order chi connectivity index (χ0) is 24.4. The molecule has 194 valence electrons. The lowest BCUT2D eigenvalue weighted by Crippen LogP contribution is -2.47. The van der Waals surface area contributed by atoms with Crippen molar-refractivity contribution in [2.45, 2.75) is 56.5 Å². The minimum absolute atomic E-state index is 0. The maximum Gasteiger partial charge on any atom is 0.191 e. The Morgan fingerprint density at radius 2 is 1.83 bits per heavy atom. The van der Waals surface area contributed by atoms with E-state index in [0.717, 1.165) is 73.1 Å². The highest BCUT2D eigenvalue weighted by atomic mass is 35.5. The van der Waals surface area contributed by atoms with Gasteiger partial charge in [-0.3, -0.25) is 9.88 Å². The molecular weight excluding hydrogens is 492 g/mol. The second-order valence-electron chi connectivity index (χ2n) is 10.6. The Balaban J connectivity index is 0.00000304. The second-order valence-corrected chi connectivity index (χ2v) is 11.7. The molecule has 0 radical (unpaired) electrons. The topological polar surface area (TPSA) is 75.9 Å². The van der Waals surface area contributed by atoms with Gasteiger partial charge in [0.1, 0.15) is 11.6 Å². The molecule has 2 aliphatic rings. The number of hydrogen-bond acceptors (Lipinski definition) is 8. The number of pyridine rings is 1. The highest BCUT2D eigenvalue weighted by Gasteiger charge is 2.29. The van der Waals surface area contributed by atoms with Crippen LogP contribution in [-0.4, -0.2) is 73.1 Å². The molecular formula is C26H37ClN8S. The lowest BCUT2D eigenvalue weighted by atomic mass is 9.95. The standard InChI is InChI=1S/C26H36N8S.ClH/c1-26(2,3)24-28-21(19-8-9-19)17-22(29-24)34-14-12-33(13-15-34)11-6-16-35-25-31-30-23(32(25)4)20-7-5-10-27-18-20;/h5,7,10,17-19H,6,8-9,11-16H2,1-4H3;1H. The summed E-state index contributed by atoms with van der Waals surface area (Å²) in [6.45, 7) is 11.9. The number of piperazine rings is 1. The Bertz CT molecular complexity index is 1130. The summed E-state index contributed by atoms with van der Waals surface area (Å²) < 4.78 is 2.06. The van der Waals surface area contributed by atoms with Crippen LogP contribution >= 0.6 is 24.2 Å². The van der Waals surface area contributed by atoms with Gasteiger partial charge in [0.05, 0.1) is 0 Å². The normalized spacial score (nSPS) is 16.7. The summed E-state index contributed by atoms with van der Waals surface area (Å²) >= 11 is 1.78. The molecule has 10 heteroatoms. The van der Waals surface area contributed by atoms with Gasteiger partial charge >= 0.3 is 0 Å². The highest BCUT2D eigenvalue weighted by molar-refractivity contribution is 7.99. The van der Waals surface area contributed by atoms with E-state index >= 15 is 0 Å². The molecule has 2 fully saturated rings. The van der Waals surface area contributed by atoms with Gasteiger partial charge in [-0.1, -0.05) is 32.5 Å². The minimum atomic E-state index is -0.0272. The van der Waals surface area contributed by atoms with E-state index in [1.807, 2.05) is 25.4 Å².